The van der Waals surface area contributed by atoms with Crippen LogP contribution < -0.4 is 21.7 Å². The first-order chi connectivity index (χ1) is 19.2. The first kappa shape index (κ1) is 32.6. The summed E-state index contributed by atoms with van der Waals surface area (Å²) in [4.78, 5) is 62.1. The molecule has 2 aromatic carbocycles. The van der Waals surface area contributed by atoms with Gasteiger partial charge in [0.25, 0.3) is 0 Å². The maximum Gasteiger partial charge on any atom is 0.326 e. The lowest BCUT2D eigenvalue weighted by atomic mass is 10.0. The van der Waals surface area contributed by atoms with E-state index in [1.165, 1.54) is 48.5 Å². The van der Waals surface area contributed by atoms with E-state index in [0.717, 1.165) is 0 Å². The van der Waals surface area contributed by atoms with Gasteiger partial charge in [0, 0.05) is 12.8 Å². The molecule has 0 radical (unpaired) electrons. The summed E-state index contributed by atoms with van der Waals surface area (Å²) >= 11 is 0. The highest BCUT2D eigenvalue weighted by molar-refractivity contribution is 5.95. The quantitative estimate of drug-likeness (QED) is 0.145. The fourth-order valence-corrected chi connectivity index (χ4v) is 3.95. The number of aromatic hydroxyl groups is 2. The average Bonchev–Trinajstić information content (AvgIpc) is 2.89. The molecule has 4 unspecified atom stereocenters. The Balaban J connectivity index is 2.35. The van der Waals surface area contributed by atoms with E-state index in [0.29, 0.717) is 11.1 Å². The molecule has 9 N–H and O–H groups in total. The Morgan fingerprint density at radius 1 is 0.683 bits per heavy atom. The predicted molar refractivity (Wildman–Crippen MR) is 147 cm³/mol. The van der Waals surface area contributed by atoms with Crippen LogP contribution in [0.15, 0.2) is 48.5 Å². The van der Waals surface area contributed by atoms with Crippen LogP contribution in [0.1, 0.15) is 37.8 Å². The summed E-state index contributed by atoms with van der Waals surface area (Å²) in [6, 6.07) is 6.37. The number of nitrogens with one attached hydrogen (secondary N) is 3. The van der Waals surface area contributed by atoms with E-state index < -0.39 is 60.2 Å². The second kappa shape index (κ2) is 15.2. The summed E-state index contributed by atoms with van der Waals surface area (Å²) in [5.74, 6) is -5.16. The van der Waals surface area contributed by atoms with E-state index >= 15 is 0 Å². The molecule has 2 aromatic rings. The molecule has 0 aliphatic rings. The highest BCUT2D eigenvalue weighted by Gasteiger charge is 2.31. The van der Waals surface area contributed by atoms with E-state index in [1.54, 1.807) is 13.8 Å². The smallest absolute Gasteiger partial charge is 0.326 e. The Bertz CT molecular complexity index is 1220. The number of benzene rings is 2. The van der Waals surface area contributed by atoms with E-state index in [4.69, 9.17) is 10.8 Å². The molecule has 0 saturated carbocycles. The van der Waals surface area contributed by atoms with Crippen molar-refractivity contribution in [1.82, 2.24) is 16.0 Å². The number of amides is 3. The minimum absolute atomic E-state index is 0.0176. The minimum atomic E-state index is -1.45. The summed E-state index contributed by atoms with van der Waals surface area (Å²) in [5, 5.41) is 45.2. The fraction of sp³-hybridized carbons (Fsp3) is 0.393. The summed E-state index contributed by atoms with van der Waals surface area (Å²) < 4.78 is 0. The van der Waals surface area contributed by atoms with E-state index in [2.05, 4.69) is 16.0 Å². The van der Waals surface area contributed by atoms with Gasteiger partial charge in [0.15, 0.2) is 0 Å². The Morgan fingerprint density at radius 2 is 1.07 bits per heavy atom. The van der Waals surface area contributed by atoms with Crippen molar-refractivity contribution in [3.8, 4) is 11.5 Å². The highest BCUT2D eigenvalue weighted by Crippen LogP contribution is 2.14. The zero-order chi connectivity index (χ0) is 30.7. The van der Waals surface area contributed by atoms with Crippen LogP contribution in [0.5, 0.6) is 11.5 Å². The monoisotopic (exact) mass is 572 g/mol. The zero-order valence-electron chi connectivity index (χ0n) is 22.7. The normalized spacial score (nSPS) is 13.9. The number of carboxylic acid groups (broad SMARTS) is 2. The number of hydrogen-bond acceptors (Lipinski definition) is 8. The Morgan fingerprint density at radius 3 is 1.44 bits per heavy atom. The zero-order valence-corrected chi connectivity index (χ0v) is 22.7. The molecule has 4 atom stereocenters. The minimum Gasteiger partial charge on any atom is -0.508 e. The van der Waals surface area contributed by atoms with Gasteiger partial charge in [-0.2, -0.15) is 0 Å². The van der Waals surface area contributed by atoms with Crippen molar-refractivity contribution in [1.29, 1.82) is 0 Å². The third-order valence-corrected chi connectivity index (χ3v) is 6.07. The van der Waals surface area contributed by atoms with Crippen LogP contribution in [0, 0.1) is 5.92 Å². The number of carbonyl (C=O) groups is 5. The Hall–Kier alpha value is -4.65. The number of carbonyl (C=O) groups excluding carboxylic acids is 3. The third kappa shape index (κ3) is 11.2. The summed E-state index contributed by atoms with van der Waals surface area (Å²) in [7, 11) is 0. The lowest BCUT2D eigenvalue weighted by Crippen LogP contribution is -2.58. The lowest BCUT2D eigenvalue weighted by molar-refractivity contribution is -0.142. The largest absolute Gasteiger partial charge is 0.508 e. The van der Waals surface area contributed by atoms with Crippen molar-refractivity contribution in [2.24, 2.45) is 11.7 Å². The van der Waals surface area contributed by atoms with Crippen molar-refractivity contribution in [2.45, 2.75) is 63.7 Å². The molecular formula is C28H36N4O9. The van der Waals surface area contributed by atoms with Crippen LogP contribution in [-0.2, 0) is 36.8 Å². The van der Waals surface area contributed by atoms with Gasteiger partial charge in [0.05, 0.1) is 12.5 Å². The van der Waals surface area contributed by atoms with Gasteiger partial charge in [0.2, 0.25) is 17.7 Å². The second-order valence-electron chi connectivity index (χ2n) is 10.1. The SMILES string of the molecule is CC(C)CC(NC(=O)C(Cc1ccc(O)cc1)NC(=O)C(Cc1ccc(O)cc1)NC(=O)C(N)CC(=O)O)C(=O)O. The number of carboxylic acids is 2. The highest BCUT2D eigenvalue weighted by atomic mass is 16.4. The summed E-state index contributed by atoms with van der Waals surface area (Å²) in [6.45, 7) is 3.59. The molecule has 41 heavy (non-hydrogen) atoms. The lowest BCUT2D eigenvalue weighted by Gasteiger charge is -2.26. The van der Waals surface area contributed by atoms with Gasteiger partial charge in [-0.3, -0.25) is 19.2 Å². The maximum atomic E-state index is 13.5. The van der Waals surface area contributed by atoms with Crippen molar-refractivity contribution in [2.75, 3.05) is 0 Å². The Kier molecular flexibility index (Phi) is 12.1. The molecule has 0 bridgehead atoms. The molecule has 2 rings (SSSR count). The van der Waals surface area contributed by atoms with Crippen molar-refractivity contribution in [3.05, 3.63) is 59.7 Å². The van der Waals surface area contributed by atoms with E-state index in [1.807, 2.05) is 0 Å². The number of phenolic OH excluding ortho intramolecular Hbond substituents is 2. The van der Waals surface area contributed by atoms with Gasteiger partial charge in [-0.25, -0.2) is 4.79 Å². The first-order valence-electron chi connectivity index (χ1n) is 12.9. The topological polar surface area (TPSA) is 228 Å². The van der Waals surface area contributed by atoms with Gasteiger partial charge in [-0.15, -0.1) is 0 Å². The molecule has 13 nitrogen and oxygen atoms in total. The fourth-order valence-electron chi connectivity index (χ4n) is 3.95. The molecular weight excluding hydrogens is 536 g/mol. The van der Waals surface area contributed by atoms with Crippen LogP contribution in [0.25, 0.3) is 0 Å². The first-order valence-corrected chi connectivity index (χ1v) is 12.9. The van der Waals surface area contributed by atoms with Crippen LogP contribution in [-0.4, -0.2) is 74.3 Å². The maximum absolute atomic E-state index is 13.5. The predicted octanol–water partition coefficient (Wildman–Crippen LogP) is 0.270. The number of rotatable bonds is 15. The standard InChI is InChI=1S/C28H36N4O9/c1-15(2)11-23(28(40)41)32-27(39)22(13-17-5-9-19(34)10-6-17)31-26(38)21(12-16-3-7-18(33)8-4-16)30-25(37)20(29)14-24(35)36/h3-10,15,20-23,33-34H,11-14,29H2,1-2H3,(H,30,37)(H,31,38)(H,32,39)(H,35,36)(H,40,41). The van der Waals surface area contributed by atoms with Gasteiger partial charge >= 0.3 is 11.9 Å². The molecule has 0 heterocycles. The number of nitrogens with two attached hydrogens (primary N) is 1. The molecule has 13 heteroatoms. The van der Waals surface area contributed by atoms with E-state index in [-0.39, 0.29) is 36.7 Å². The molecule has 0 saturated heterocycles. The van der Waals surface area contributed by atoms with Crippen LogP contribution >= 0.6 is 0 Å². The number of aliphatic carboxylic acids is 2. The summed E-state index contributed by atoms with van der Waals surface area (Å²) in [5.41, 5.74) is 6.74. The second-order valence-corrected chi connectivity index (χ2v) is 10.1. The molecule has 0 aliphatic carbocycles. The van der Waals surface area contributed by atoms with Crippen molar-refractivity contribution >= 4 is 29.7 Å². The molecule has 222 valence electrons. The van der Waals surface area contributed by atoms with E-state index in [9.17, 15) is 39.3 Å². The van der Waals surface area contributed by atoms with Gasteiger partial charge in [-0.1, -0.05) is 38.1 Å². The van der Waals surface area contributed by atoms with Gasteiger partial charge in [-0.05, 0) is 47.7 Å². The van der Waals surface area contributed by atoms with Crippen LogP contribution in [0.4, 0.5) is 0 Å². The molecule has 0 aliphatic heterocycles. The van der Waals surface area contributed by atoms with Gasteiger partial charge < -0.3 is 42.1 Å². The van der Waals surface area contributed by atoms with Crippen molar-refractivity contribution < 1.29 is 44.4 Å². The molecule has 3 amide bonds. The van der Waals surface area contributed by atoms with Gasteiger partial charge in [0.1, 0.15) is 29.6 Å². The van der Waals surface area contributed by atoms with Crippen LogP contribution in [0.2, 0.25) is 0 Å². The average molecular weight is 573 g/mol. The Labute approximate surface area is 236 Å². The molecule has 0 aromatic heterocycles. The van der Waals surface area contributed by atoms with Crippen molar-refractivity contribution in [3.63, 3.8) is 0 Å². The summed E-state index contributed by atoms with van der Waals surface area (Å²) in [6.07, 6.45) is -0.722. The third-order valence-electron chi connectivity index (χ3n) is 6.07. The number of phenols is 2. The number of hydrogen-bond donors (Lipinski definition) is 8. The molecule has 0 spiro atoms. The van der Waals surface area contributed by atoms with Crippen LogP contribution in [0.3, 0.4) is 0 Å². The molecule has 0 fully saturated rings.